The Kier molecular flexibility index (Phi) is 8.38. The number of hydrogen-bond donors (Lipinski definition) is 1. The van der Waals surface area contributed by atoms with Crippen LogP contribution in [0.4, 0.5) is 0 Å². The fourth-order valence-electron chi connectivity index (χ4n) is 1.02. The zero-order chi connectivity index (χ0) is 11.7. The Morgan fingerprint density at radius 3 is 2.53 bits per heavy atom. The number of rotatable bonds is 8. The summed E-state index contributed by atoms with van der Waals surface area (Å²) in [6.07, 6.45) is 2.01. The summed E-state index contributed by atoms with van der Waals surface area (Å²) in [4.78, 5) is 11.2. The maximum Gasteiger partial charge on any atom is 0.319 e. The molecular weight excluding hydrogens is 190 g/mol. The molecule has 0 heterocycles. The maximum atomic E-state index is 11.2. The van der Waals surface area contributed by atoms with Crippen molar-refractivity contribution < 1.29 is 9.53 Å². The third-order valence-electron chi connectivity index (χ3n) is 2.63. The second kappa shape index (κ2) is 8.72. The average molecular weight is 215 g/mol. The number of unbranched alkanes of at least 4 members (excludes halogenated alkanes) is 1. The SMILES string of the molecule is CCCCOC(=O)CNCC(C)C(C)C. The first kappa shape index (κ1) is 14.4. The molecule has 0 aromatic rings. The van der Waals surface area contributed by atoms with Gasteiger partial charge in [0, 0.05) is 0 Å². The summed E-state index contributed by atoms with van der Waals surface area (Å²) in [6.45, 7) is 10.4. The van der Waals surface area contributed by atoms with Crippen molar-refractivity contribution in [3.63, 3.8) is 0 Å². The number of carbonyl (C=O) groups is 1. The topological polar surface area (TPSA) is 38.3 Å². The molecule has 0 spiro atoms. The summed E-state index contributed by atoms with van der Waals surface area (Å²) >= 11 is 0. The Morgan fingerprint density at radius 2 is 2.00 bits per heavy atom. The molecule has 0 aliphatic heterocycles. The third kappa shape index (κ3) is 8.43. The molecule has 0 aliphatic carbocycles. The first-order valence-corrected chi connectivity index (χ1v) is 5.94. The molecule has 0 bridgehead atoms. The molecule has 0 radical (unpaired) electrons. The van der Waals surface area contributed by atoms with E-state index >= 15 is 0 Å². The molecule has 1 N–H and O–H groups in total. The van der Waals surface area contributed by atoms with Crippen molar-refractivity contribution >= 4 is 5.97 Å². The average Bonchev–Trinajstić information content (AvgIpc) is 2.18. The highest BCUT2D eigenvalue weighted by molar-refractivity contribution is 5.71. The van der Waals surface area contributed by atoms with E-state index in [1.807, 2.05) is 0 Å². The van der Waals surface area contributed by atoms with E-state index in [1.54, 1.807) is 0 Å². The van der Waals surface area contributed by atoms with E-state index in [0.717, 1.165) is 19.4 Å². The maximum absolute atomic E-state index is 11.2. The van der Waals surface area contributed by atoms with Crippen LogP contribution in [0.2, 0.25) is 0 Å². The van der Waals surface area contributed by atoms with Crippen molar-refractivity contribution in [1.82, 2.24) is 5.32 Å². The van der Waals surface area contributed by atoms with Crippen LogP contribution in [-0.2, 0) is 9.53 Å². The van der Waals surface area contributed by atoms with Crippen molar-refractivity contribution in [2.75, 3.05) is 19.7 Å². The minimum Gasteiger partial charge on any atom is -0.465 e. The Morgan fingerprint density at radius 1 is 1.33 bits per heavy atom. The lowest BCUT2D eigenvalue weighted by molar-refractivity contribution is -0.142. The number of hydrogen-bond acceptors (Lipinski definition) is 3. The summed E-state index contributed by atoms with van der Waals surface area (Å²) in [5, 5.41) is 3.12. The lowest BCUT2D eigenvalue weighted by Crippen LogP contribution is -2.30. The smallest absolute Gasteiger partial charge is 0.319 e. The van der Waals surface area contributed by atoms with E-state index in [4.69, 9.17) is 4.74 Å². The lowest BCUT2D eigenvalue weighted by Gasteiger charge is -2.15. The van der Waals surface area contributed by atoms with Crippen molar-refractivity contribution in [2.24, 2.45) is 11.8 Å². The van der Waals surface area contributed by atoms with E-state index < -0.39 is 0 Å². The minimum absolute atomic E-state index is 0.139. The van der Waals surface area contributed by atoms with Gasteiger partial charge in [-0.15, -0.1) is 0 Å². The molecule has 15 heavy (non-hydrogen) atoms. The fraction of sp³-hybridized carbons (Fsp3) is 0.917. The predicted molar refractivity (Wildman–Crippen MR) is 62.7 cm³/mol. The van der Waals surface area contributed by atoms with E-state index in [9.17, 15) is 4.79 Å². The fourth-order valence-corrected chi connectivity index (χ4v) is 1.02. The van der Waals surface area contributed by atoms with Gasteiger partial charge in [-0.2, -0.15) is 0 Å². The molecule has 0 aliphatic rings. The number of carbonyl (C=O) groups excluding carboxylic acids is 1. The Balaban J connectivity index is 3.38. The Labute approximate surface area is 93.6 Å². The van der Waals surface area contributed by atoms with Crippen LogP contribution in [0.5, 0.6) is 0 Å². The van der Waals surface area contributed by atoms with E-state index in [1.165, 1.54) is 0 Å². The van der Waals surface area contributed by atoms with Gasteiger partial charge >= 0.3 is 5.97 Å². The molecule has 0 aromatic carbocycles. The third-order valence-corrected chi connectivity index (χ3v) is 2.63. The Hall–Kier alpha value is -0.570. The van der Waals surface area contributed by atoms with Crippen molar-refractivity contribution in [3.8, 4) is 0 Å². The lowest BCUT2D eigenvalue weighted by atomic mass is 9.98. The number of ether oxygens (including phenoxy) is 1. The molecule has 0 rings (SSSR count). The van der Waals surface area contributed by atoms with E-state index in [0.29, 0.717) is 25.0 Å². The van der Waals surface area contributed by atoms with E-state index in [2.05, 4.69) is 33.0 Å². The number of esters is 1. The first-order chi connectivity index (χ1) is 7.07. The van der Waals surface area contributed by atoms with Crippen LogP contribution in [-0.4, -0.2) is 25.7 Å². The molecule has 3 nitrogen and oxygen atoms in total. The van der Waals surface area contributed by atoms with Gasteiger partial charge in [-0.1, -0.05) is 34.1 Å². The molecule has 0 saturated carbocycles. The van der Waals surface area contributed by atoms with Crippen molar-refractivity contribution in [2.45, 2.75) is 40.5 Å². The van der Waals surface area contributed by atoms with Gasteiger partial charge in [-0.05, 0) is 24.8 Å². The molecule has 0 amide bonds. The molecule has 0 fully saturated rings. The second-order valence-corrected chi connectivity index (χ2v) is 4.43. The van der Waals surface area contributed by atoms with Crippen LogP contribution in [0.25, 0.3) is 0 Å². The highest BCUT2D eigenvalue weighted by Crippen LogP contribution is 2.07. The predicted octanol–water partition coefficient (Wildman–Crippen LogP) is 2.21. The van der Waals surface area contributed by atoms with Crippen LogP contribution >= 0.6 is 0 Å². The summed E-state index contributed by atoms with van der Waals surface area (Å²) in [5.74, 6) is 1.10. The monoisotopic (exact) mass is 215 g/mol. The summed E-state index contributed by atoms with van der Waals surface area (Å²) in [7, 11) is 0. The standard InChI is InChI=1S/C12H25NO2/c1-5-6-7-15-12(14)9-13-8-11(4)10(2)3/h10-11,13H,5-9H2,1-4H3. The molecule has 3 heteroatoms. The number of nitrogens with one attached hydrogen (secondary N) is 1. The van der Waals surface area contributed by atoms with Crippen LogP contribution < -0.4 is 5.32 Å². The molecule has 1 unspecified atom stereocenters. The quantitative estimate of drug-likeness (QED) is 0.498. The summed E-state index contributed by atoms with van der Waals surface area (Å²) < 4.78 is 5.02. The highest BCUT2D eigenvalue weighted by atomic mass is 16.5. The molecular formula is C12H25NO2. The van der Waals surface area contributed by atoms with Crippen LogP contribution in [0.15, 0.2) is 0 Å². The van der Waals surface area contributed by atoms with Crippen molar-refractivity contribution in [3.05, 3.63) is 0 Å². The highest BCUT2D eigenvalue weighted by Gasteiger charge is 2.07. The molecule has 0 saturated heterocycles. The van der Waals surface area contributed by atoms with Gasteiger partial charge < -0.3 is 10.1 Å². The minimum atomic E-state index is -0.139. The van der Waals surface area contributed by atoms with E-state index in [-0.39, 0.29) is 5.97 Å². The van der Waals surface area contributed by atoms with Gasteiger partial charge in [0.25, 0.3) is 0 Å². The van der Waals surface area contributed by atoms with Gasteiger partial charge in [-0.25, -0.2) is 0 Å². The molecule has 0 aromatic heterocycles. The Bertz CT molecular complexity index is 169. The zero-order valence-corrected chi connectivity index (χ0v) is 10.5. The van der Waals surface area contributed by atoms with Gasteiger partial charge in [0.05, 0.1) is 13.2 Å². The van der Waals surface area contributed by atoms with Gasteiger partial charge in [-0.3, -0.25) is 4.79 Å². The van der Waals surface area contributed by atoms with Gasteiger partial charge in [0.2, 0.25) is 0 Å². The first-order valence-electron chi connectivity index (χ1n) is 5.94. The van der Waals surface area contributed by atoms with Gasteiger partial charge in [0.1, 0.15) is 0 Å². The van der Waals surface area contributed by atoms with Crippen LogP contribution in [0.3, 0.4) is 0 Å². The van der Waals surface area contributed by atoms with Crippen LogP contribution in [0.1, 0.15) is 40.5 Å². The zero-order valence-electron chi connectivity index (χ0n) is 10.5. The second-order valence-electron chi connectivity index (χ2n) is 4.43. The van der Waals surface area contributed by atoms with Crippen molar-refractivity contribution in [1.29, 1.82) is 0 Å². The van der Waals surface area contributed by atoms with Crippen LogP contribution in [0, 0.1) is 11.8 Å². The summed E-state index contributed by atoms with van der Waals surface area (Å²) in [5.41, 5.74) is 0. The molecule has 1 atom stereocenters. The largest absolute Gasteiger partial charge is 0.465 e. The summed E-state index contributed by atoms with van der Waals surface area (Å²) in [6, 6.07) is 0. The normalized spacial score (nSPS) is 12.9. The van der Waals surface area contributed by atoms with Gasteiger partial charge in [0.15, 0.2) is 0 Å². The molecule has 90 valence electrons.